The predicted molar refractivity (Wildman–Crippen MR) is 74.3 cm³/mol. The summed E-state index contributed by atoms with van der Waals surface area (Å²) in [5.74, 6) is 0.248. The number of rotatable bonds is 4. The molecular weight excluding hydrogens is 240 g/mol. The molecule has 1 heterocycles. The average molecular weight is 256 g/mol. The number of aromatic nitrogens is 1. The molecule has 2 aromatic rings. The Bertz CT molecular complexity index is 568. The fourth-order valence-corrected chi connectivity index (χ4v) is 1.63. The molecular formula is C15H16N2O2. The summed E-state index contributed by atoms with van der Waals surface area (Å²) < 4.78 is 5.29. The molecule has 1 amide bonds. The van der Waals surface area contributed by atoms with Crippen molar-refractivity contribution in [2.24, 2.45) is 0 Å². The molecule has 0 bridgehead atoms. The van der Waals surface area contributed by atoms with E-state index in [2.05, 4.69) is 10.3 Å². The highest BCUT2D eigenvalue weighted by molar-refractivity contribution is 5.92. The van der Waals surface area contributed by atoms with Crippen LogP contribution in [0, 0.1) is 13.8 Å². The molecule has 0 radical (unpaired) electrons. The molecule has 1 aromatic carbocycles. The van der Waals surface area contributed by atoms with E-state index in [1.807, 2.05) is 38.1 Å². The van der Waals surface area contributed by atoms with E-state index in [-0.39, 0.29) is 12.5 Å². The van der Waals surface area contributed by atoms with Crippen molar-refractivity contribution in [3.8, 4) is 5.88 Å². The molecule has 4 nitrogen and oxygen atoms in total. The number of carbonyl (C=O) groups is 1. The molecule has 1 N–H and O–H groups in total. The number of anilines is 1. The lowest BCUT2D eigenvalue weighted by Gasteiger charge is -2.09. The number of ether oxygens (including phenoxy) is 1. The second kappa shape index (κ2) is 6.00. The lowest BCUT2D eigenvalue weighted by Crippen LogP contribution is -2.21. The van der Waals surface area contributed by atoms with Gasteiger partial charge in [0.05, 0.1) is 0 Å². The van der Waals surface area contributed by atoms with Crippen LogP contribution in [0.4, 0.5) is 5.69 Å². The normalized spacial score (nSPS) is 10.0. The summed E-state index contributed by atoms with van der Waals surface area (Å²) in [4.78, 5) is 15.8. The third-order valence-electron chi connectivity index (χ3n) is 2.66. The summed E-state index contributed by atoms with van der Waals surface area (Å²) in [6.07, 6.45) is 1.62. The molecule has 0 saturated heterocycles. The van der Waals surface area contributed by atoms with Gasteiger partial charge in [0.1, 0.15) is 0 Å². The van der Waals surface area contributed by atoms with E-state index in [9.17, 15) is 4.79 Å². The molecule has 0 atom stereocenters. The number of benzene rings is 1. The molecule has 0 fully saturated rings. The maximum absolute atomic E-state index is 11.8. The third-order valence-corrected chi connectivity index (χ3v) is 2.66. The Morgan fingerprint density at radius 1 is 1.26 bits per heavy atom. The number of pyridine rings is 1. The number of carbonyl (C=O) groups excluding carboxylic acids is 1. The van der Waals surface area contributed by atoms with Crippen LogP contribution >= 0.6 is 0 Å². The zero-order valence-electron chi connectivity index (χ0n) is 11.0. The first-order valence-corrected chi connectivity index (χ1v) is 6.06. The average Bonchev–Trinajstić information content (AvgIpc) is 2.42. The SMILES string of the molecule is Cc1ccc(C)c(NC(=O)COc2ccccn2)c1. The van der Waals surface area contributed by atoms with Crippen molar-refractivity contribution in [3.05, 3.63) is 53.7 Å². The van der Waals surface area contributed by atoms with Crippen LogP contribution in [-0.2, 0) is 4.79 Å². The van der Waals surface area contributed by atoms with Gasteiger partial charge in [-0.1, -0.05) is 18.2 Å². The highest BCUT2D eigenvalue weighted by Gasteiger charge is 2.06. The minimum atomic E-state index is -0.195. The number of hydrogen-bond acceptors (Lipinski definition) is 3. The van der Waals surface area contributed by atoms with Gasteiger partial charge in [-0.05, 0) is 37.1 Å². The van der Waals surface area contributed by atoms with E-state index < -0.39 is 0 Å². The molecule has 0 saturated carbocycles. The molecule has 0 spiro atoms. The van der Waals surface area contributed by atoms with Crippen LogP contribution in [0.3, 0.4) is 0 Å². The van der Waals surface area contributed by atoms with Gasteiger partial charge in [0.15, 0.2) is 6.61 Å². The van der Waals surface area contributed by atoms with Crippen LogP contribution in [0.1, 0.15) is 11.1 Å². The summed E-state index contributed by atoms with van der Waals surface area (Å²) in [5.41, 5.74) is 2.94. The van der Waals surface area contributed by atoms with Crippen molar-refractivity contribution in [3.63, 3.8) is 0 Å². The molecule has 19 heavy (non-hydrogen) atoms. The Labute approximate surface area is 112 Å². The van der Waals surface area contributed by atoms with Crippen LogP contribution in [0.2, 0.25) is 0 Å². The lowest BCUT2D eigenvalue weighted by atomic mass is 10.1. The van der Waals surface area contributed by atoms with Crippen LogP contribution in [0.5, 0.6) is 5.88 Å². The van der Waals surface area contributed by atoms with Crippen molar-refractivity contribution in [2.45, 2.75) is 13.8 Å². The predicted octanol–water partition coefficient (Wildman–Crippen LogP) is 2.72. The summed E-state index contributed by atoms with van der Waals surface area (Å²) in [7, 11) is 0. The van der Waals surface area contributed by atoms with Gasteiger partial charge < -0.3 is 10.1 Å². The van der Waals surface area contributed by atoms with Gasteiger partial charge in [-0.15, -0.1) is 0 Å². The largest absolute Gasteiger partial charge is 0.468 e. The number of nitrogens with zero attached hydrogens (tertiary/aromatic N) is 1. The van der Waals surface area contributed by atoms with Gasteiger partial charge >= 0.3 is 0 Å². The van der Waals surface area contributed by atoms with Gasteiger partial charge in [0, 0.05) is 18.0 Å². The number of hydrogen-bond donors (Lipinski definition) is 1. The molecule has 1 aromatic heterocycles. The van der Waals surface area contributed by atoms with Crippen molar-refractivity contribution in [1.29, 1.82) is 0 Å². The fraction of sp³-hybridized carbons (Fsp3) is 0.200. The summed E-state index contributed by atoms with van der Waals surface area (Å²) in [5, 5.41) is 2.83. The Balaban J connectivity index is 1.93. The van der Waals surface area contributed by atoms with Gasteiger partial charge in [-0.3, -0.25) is 4.79 Å². The summed E-state index contributed by atoms with van der Waals surface area (Å²) in [6, 6.07) is 11.2. The van der Waals surface area contributed by atoms with Gasteiger partial charge in [0.25, 0.3) is 5.91 Å². The fourth-order valence-electron chi connectivity index (χ4n) is 1.63. The molecule has 2 rings (SSSR count). The molecule has 4 heteroatoms. The maximum atomic E-state index is 11.8. The van der Waals surface area contributed by atoms with Gasteiger partial charge in [-0.2, -0.15) is 0 Å². The monoisotopic (exact) mass is 256 g/mol. The van der Waals surface area contributed by atoms with E-state index >= 15 is 0 Å². The van der Waals surface area contributed by atoms with Crippen molar-refractivity contribution in [1.82, 2.24) is 4.98 Å². The topological polar surface area (TPSA) is 51.2 Å². The summed E-state index contributed by atoms with van der Waals surface area (Å²) >= 11 is 0. The molecule has 98 valence electrons. The minimum absolute atomic E-state index is 0.0512. The Kier molecular flexibility index (Phi) is 4.13. The van der Waals surface area contributed by atoms with E-state index in [1.54, 1.807) is 18.3 Å². The maximum Gasteiger partial charge on any atom is 0.262 e. The van der Waals surface area contributed by atoms with Crippen LogP contribution in [-0.4, -0.2) is 17.5 Å². The van der Waals surface area contributed by atoms with Crippen molar-refractivity contribution >= 4 is 11.6 Å². The zero-order chi connectivity index (χ0) is 13.7. The third kappa shape index (κ3) is 3.81. The second-order valence-corrected chi connectivity index (χ2v) is 4.32. The first kappa shape index (κ1) is 13.1. The zero-order valence-corrected chi connectivity index (χ0v) is 11.0. The standard InChI is InChI=1S/C15H16N2O2/c1-11-6-7-12(2)13(9-11)17-14(18)10-19-15-5-3-4-8-16-15/h3-9H,10H2,1-2H3,(H,17,18). The van der Waals surface area contributed by atoms with E-state index in [0.29, 0.717) is 5.88 Å². The quantitative estimate of drug-likeness (QED) is 0.915. The van der Waals surface area contributed by atoms with E-state index in [4.69, 9.17) is 4.74 Å². The lowest BCUT2D eigenvalue weighted by molar-refractivity contribution is -0.118. The van der Waals surface area contributed by atoms with Crippen molar-refractivity contribution in [2.75, 3.05) is 11.9 Å². The van der Waals surface area contributed by atoms with Crippen LogP contribution < -0.4 is 10.1 Å². The smallest absolute Gasteiger partial charge is 0.262 e. The first-order valence-electron chi connectivity index (χ1n) is 6.06. The van der Waals surface area contributed by atoms with E-state index in [1.165, 1.54) is 0 Å². The highest BCUT2D eigenvalue weighted by atomic mass is 16.5. The molecule has 0 unspecified atom stereocenters. The van der Waals surface area contributed by atoms with Gasteiger partial charge in [-0.25, -0.2) is 4.98 Å². The Hall–Kier alpha value is -2.36. The van der Waals surface area contributed by atoms with Crippen LogP contribution in [0.25, 0.3) is 0 Å². The van der Waals surface area contributed by atoms with Crippen molar-refractivity contribution < 1.29 is 9.53 Å². The highest BCUT2D eigenvalue weighted by Crippen LogP contribution is 2.16. The van der Waals surface area contributed by atoms with Crippen LogP contribution in [0.15, 0.2) is 42.6 Å². The molecule has 0 aliphatic heterocycles. The molecule has 0 aliphatic rings. The number of amides is 1. The Morgan fingerprint density at radius 2 is 2.11 bits per heavy atom. The summed E-state index contributed by atoms with van der Waals surface area (Å²) in [6.45, 7) is 3.89. The second-order valence-electron chi connectivity index (χ2n) is 4.32. The minimum Gasteiger partial charge on any atom is -0.468 e. The van der Waals surface area contributed by atoms with Gasteiger partial charge in [0.2, 0.25) is 5.88 Å². The van der Waals surface area contributed by atoms with E-state index in [0.717, 1.165) is 16.8 Å². The Morgan fingerprint density at radius 3 is 2.84 bits per heavy atom. The number of aryl methyl sites for hydroxylation is 2. The first-order chi connectivity index (χ1) is 9.15. The number of nitrogens with one attached hydrogen (secondary N) is 1. The molecule has 0 aliphatic carbocycles.